The summed E-state index contributed by atoms with van der Waals surface area (Å²) in [6.07, 6.45) is 3.18. The second kappa shape index (κ2) is 1.50. The minimum Gasteiger partial charge on any atom is -0.390 e. The molecule has 1 heterocycles. The summed E-state index contributed by atoms with van der Waals surface area (Å²) >= 11 is 0. The maximum Gasteiger partial charge on any atom is 0.113 e. The zero-order valence-electron chi connectivity index (χ0n) is 5.63. The summed E-state index contributed by atoms with van der Waals surface area (Å²) in [6, 6.07) is 0. The van der Waals surface area contributed by atoms with E-state index < -0.39 is 0 Å². The van der Waals surface area contributed by atoms with Crippen LogP contribution in [0.1, 0.15) is 26.2 Å². The highest BCUT2D eigenvalue weighted by atomic mass is 16.6. The van der Waals surface area contributed by atoms with Gasteiger partial charge in [0.2, 0.25) is 0 Å². The molecule has 0 radical (unpaired) electrons. The highest BCUT2D eigenvalue weighted by molar-refractivity contribution is 5.05. The Morgan fingerprint density at radius 3 is 3.00 bits per heavy atom. The first-order valence-corrected chi connectivity index (χ1v) is 3.58. The monoisotopic (exact) mass is 128 g/mol. The number of rotatable bonds is 0. The Labute approximate surface area is 54.8 Å². The molecule has 1 saturated heterocycles. The van der Waals surface area contributed by atoms with Gasteiger partial charge in [0.15, 0.2) is 0 Å². The van der Waals surface area contributed by atoms with Crippen molar-refractivity contribution in [2.75, 3.05) is 0 Å². The summed E-state index contributed by atoms with van der Waals surface area (Å²) in [5.74, 6) is 0. The topological polar surface area (TPSA) is 32.8 Å². The molecule has 2 aliphatic rings. The van der Waals surface area contributed by atoms with Gasteiger partial charge in [-0.1, -0.05) is 0 Å². The third-order valence-corrected chi connectivity index (χ3v) is 2.46. The fourth-order valence-electron chi connectivity index (χ4n) is 1.76. The number of aliphatic hydroxyl groups is 1. The molecule has 1 aliphatic carbocycles. The molecule has 2 nitrogen and oxygen atoms in total. The summed E-state index contributed by atoms with van der Waals surface area (Å²) in [6.45, 7) is 2.08. The van der Waals surface area contributed by atoms with Gasteiger partial charge in [-0.3, -0.25) is 0 Å². The van der Waals surface area contributed by atoms with Crippen LogP contribution in [0.4, 0.5) is 0 Å². The first-order chi connectivity index (χ1) is 4.22. The van der Waals surface area contributed by atoms with Gasteiger partial charge >= 0.3 is 0 Å². The zero-order valence-corrected chi connectivity index (χ0v) is 5.63. The third-order valence-electron chi connectivity index (χ3n) is 2.46. The lowest BCUT2D eigenvalue weighted by molar-refractivity contribution is 0.123. The van der Waals surface area contributed by atoms with Gasteiger partial charge < -0.3 is 9.84 Å². The standard InChI is InChI=1S/C7H12O2/c1-7-4-2-3-5(8)6(7)9-7/h5-6,8H,2-4H2,1H3/t5-,6+,7+/m1/s1. The third kappa shape index (κ3) is 0.700. The molecule has 9 heavy (non-hydrogen) atoms. The molecular formula is C7H12O2. The number of hydrogen-bond acceptors (Lipinski definition) is 2. The normalized spacial score (nSPS) is 56.7. The second-order valence-electron chi connectivity index (χ2n) is 3.31. The van der Waals surface area contributed by atoms with Crippen molar-refractivity contribution < 1.29 is 9.84 Å². The van der Waals surface area contributed by atoms with E-state index in [9.17, 15) is 5.11 Å². The maximum atomic E-state index is 9.26. The molecule has 0 aromatic rings. The number of fused-ring (bicyclic) bond motifs is 1. The van der Waals surface area contributed by atoms with Crippen LogP contribution in [0.5, 0.6) is 0 Å². The van der Waals surface area contributed by atoms with E-state index in [4.69, 9.17) is 4.74 Å². The second-order valence-corrected chi connectivity index (χ2v) is 3.31. The molecule has 1 saturated carbocycles. The predicted octanol–water partition coefficient (Wildman–Crippen LogP) is 0.689. The molecule has 52 valence electrons. The smallest absolute Gasteiger partial charge is 0.113 e. The van der Waals surface area contributed by atoms with Crippen LogP contribution >= 0.6 is 0 Å². The van der Waals surface area contributed by atoms with Gasteiger partial charge in [-0.15, -0.1) is 0 Å². The average Bonchev–Trinajstić information content (AvgIpc) is 2.43. The van der Waals surface area contributed by atoms with Gasteiger partial charge in [0, 0.05) is 0 Å². The zero-order chi connectivity index (χ0) is 6.48. The van der Waals surface area contributed by atoms with Crippen molar-refractivity contribution in [3.8, 4) is 0 Å². The molecule has 0 bridgehead atoms. The van der Waals surface area contributed by atoms with Gasteiger partial charge in [-0.25, -0.2) is 0 Å². The summed E-state index contributed by atoms with van der Waals surface area (Å²) in [4.78, 5) is 0. The molecule has 0 amide bonds. The Morgan fingerprint density at radius 2 is 2.44 bits per heavy atom. The van der Waals surface area contributed by atoms with Crippen molar-refractivity contribution in [1.29, 1.82) is 0 Å². The number of ether oxygens (including phenoxy) is 1. The summed E-state index contributed by atoms with van der Waals surface area (Å²) in [5, 5.41) is 9.26. The van der Waals surface area contributed by atoms with E-state index in [-0.39, 0.29) is 17.8 Å². The van der Waals surface area contributed by atoms with E-state index in [2.05, 4.69) is 6.92 Å². The summed E-state index contributed by atoms with van der Waals surface area (Å²) < 4.78 is 5.33. The molecule has 2 heteroatoms. The number of epoxide rings is 1. The fourth-order valence-corrected chi connectivity index (χ4v) is 1.76. The molecule has 3 atom stereocenters. The van der Waals surface area contributed by atoms with Crippen LogP contribution in [0.2, 0.25) is 0 Å². The first-order valence-electron chi connectivity index (χ1n) is 3.58. The lowest BCUT2D eigenvalue weighted by Gasteiger charge is -2.16. The van der Waals surface area contributed by atoms with Gasteiger partial charge in [0.1, 0.15) is 6.10 Å². The van der Waals surface area contributed by atoms with E-state index in [1.807, 2.05) is 0 Å². The molecule has 1 N–H and O–H groups in total. The van der Waals surface area contributed by atoms with Crippen molar-refractivity contribution in [3.63, 3.8) is 0 Å². The Kier molecular flexibility index (Phi) is 0.945. The van der Waals surface area contributed by atoms with Gasteiger partial charge in [-0.2, -0.15) is 0 Å². The van der Waals surface area contributed by atoms with Crippen molar-refractivity contribution in [1.82, 2.24) is 0 Å². The Morgan fingerprint density at radius 1 is 1.67 bits per heavy atom. The lowest BCUT2D eigenvalue weighted by Crippen LogP contribution is -2.27. The Bertz CT molecular complexity index is 135. The molecule has 2 rings (SSSR count). The quantitative estimate of drug-likeness (QED) is 0.487. The molecule has 0 unspecified atom stereocenters. The van der Waals surface area contributed by atoms with Crippen LogP contribution in [0.15, 0.2) is 0 Å². The fraction of sp³-hybridized carbons (Fsp3) is 1.00. The van der Waals surface area contributed by atoms with Crippen molar-refractivity contribution in [2.24, 2.45) is 0 Å². The molecule has 0 aromatic heterocycles. The van der Waals surface area contributed by atoms with Crippen LogP contribution in [0, 0.1) is 0 Å². The van der Waals surface area contributed by atoms with Crippen LogP contribution in [-0.2, 0) is 4.74 Å². The van der Waals surface area contributed by atoms with Gasteiger partial charge in [0.05, 0.1) is 11.7 Å². The van der Waals surface area contributed by atoms with Gasteiger partial charge in [-0.05, 0) is 26.2 Å². The Balaban J connectivity index is 2.07. The Hall–Kier alpha value is -0.0800. The molecule has 1 aliphatic heterocycles. The highest BCUT2D eigenvalue weighted by Crippen LogP contribution is 2.47. The van der Waals surface area contributed by atoms with E-state index in [1.54, 1.807) is 0 Å². The molecule has 0 aromatic carbocycles. The minimum atomic E-state index is -0.177. The largest absolute Gasteiger partial charge is 0.390 e. The first kappa shape index (κ1) is 5.69. The van der Waals surface area contributed by atoms with Gasteiger partial charge in [0.25, 0.3) is 0 Å². The van der Waals surface area contributed by atoms with Crippen molar-refractivity contribution in [2.45, 2.75) is 44.0 Å². The maximum absolute atomic E-state index is 9.26. The lowest BCUT2D eigenvalue weighted by atomic mass is 9.89. The van der Waals surface area contributed by atoms with Crippen LogP contribution in [-0.4, -0.2) is 22.9 Å². The van der Waals surface area contributed by atoms with Crippen LogP contribution in [0.25, 0.3) is 0 Å². The molecule has 2 fully saturated rings. The minimum absolute atomic E-state index is 0.0671. The van der Waals surface area contributed by atoms with E-state index >= 15 is 0 Å². The summed E-state index contributed by atoms with van der Waals surface area (Å²) in [7, 11) is 0. The predicted molar refractivity (Wildman–Crippen MR) is 33.1 cm³/mol. The van der Waals surface area contributed by atoms with E-state index in [0.717, 1.165) is 19.3 Å². The highest BCUT2D eigenvalue weighted by Gasteiger charge is 2.57. The van der Waals surface area contributed by atoms with Crippen LogP contribution < -0.4 is 0 Å². The molecular weight excluding hydrogens is 116 g/mol. The van der Waals surface area contributed by atoms with Crippen LogP contribution in [0.3, 0.4) is 0 Å². The van der Waals surface area contributed by atoms with Crippen molar-refractivity contribution >= 4 is 0 Å². The van der Waals surface area contributed by atoms with E-state index in [0.29, 0.717) is 0 Å². The van der Waals surface area contributed by atoms with Crippen molar-refractivity contribution in [3.05, 3.63) is 0 Å². The SMILES string of the molecule is C[C@]12CCC[C@@H](O)[C@@H]1O2. The van der Waals surface area contributed by atoms with E-state index in [1.165, 1.54) is 0 Å². The number of aliphatic hydroxyl groups excluding tert-OH is 1. The summed E-state index contributed by atoms with van der Waals surface area (Å²) in [5.41, 5.74) is 0.0671. The average molecular weight is 128 g/mol. The molecule has 0 spiro atoms. The number of hydrogen-bond donors (Lipinski definition) is 1.